The molecule has 0 radical (unpaired) electrons. The van der Waals surface area contributed by atoms with Crippen LogP contribution in [0.1, 0.15) is 24.0 Å². The van der Waals surface area contributed by atoms with Crippen molar-refractivity contribution in [3.05, 3.63) is 29.2 Å². The first-order valence-corrected chi connectivity index (χ1v) is 8.96. The van der Waals surface area contributed by atoms with Gasteiger partial charge in [0.05, 0.1) is 0 Å². The monoisotopic (exact) mass is 330 g/mol. The van der Waals surface area contributed by atoms with Gasteiger partial charge in [0.2, 0.25) is 16.4 Å². The van der Waals surface area contributed by atoms with Crippen LogP contribution in [0, 0.1) is 0 Å². The zero-order valence-electron chi connectivity index (χ0n) is 11.7. The maximum absolute atomic E-state index is 12.1. The molecule has 0 spiro atoms. The number of rotatable bonds is 9. The quantitative estimate of drug-likeness (QED) is 0.670. The fourth-order valence-electron chi connectivity index (χ4n) is 1.66. The minimum atomic E-state index is -3.47. The van der Waals surface area contributed by atoms with E-state index in [2.05, 4.69) is 31.6 Å². The Bertz CT molecular complexity index is 637. The van der Waals surface area contributed by atoms with E-state index < -0.39 is 10.0 Å². The Balaban J connectivity index is 1.86. The van der Waals surface area contributed by atoms with Crippen molar-refractivity contribution in [1.82, 2.24) is 20.2 Å². The number of nitrogens with one attached hydrogen (secondary N) is 2. The first kappa shape index (κ1) is 16.1. The van der Waals surface area contributed by atoms with Gasteiger partial charge in [-0.15, -0.1) is 11.3 Å². The highest BCUT2D eigenvalue weighted by molar-refractivity contribution is 7.91. The van der Waals surface area contributed by atoms with E-state index in [1.165, 1.54) is 17.7 Å². The second-order valence-corrected chi connectivity index (χ2v) is 7.55. The summed E-state index contributed by atoms with van der Waals surface area (Å²) in [5.74, 6) is 0.480. The van der Waals surface area contributed by atoms with Crippen LogP contribution < -0.4 is 10.0 Å². The molecule has 2 aromatic rings. The van der Waals surface area contributed by atoms with Crippen LogP contribution in [0.4, 0.5) is 0 Å². The Labute approximate surface area is 127 Å². The fraction of sp³-hybridized carbons (Fsp3) is 0.500. The number of hydrogen-bond donors (Lipinski definition) is 2. The summed E-state index contributed by atoms with van der Waals surface area (Å²) in [5, 5.41) is 6.87. The Kier molecular flexibility index (Phi) is 5.85. The summed E-state index contributed by atoms with van der Waals surface area (Å²) in [6, 6.07) is 3.46. The standard InChI is InChI=1S/C12H18N4O3S2/c1-2-6-13-8-10-3-4-12(20-10)21(17,18)15-7-5-11-14-9-19-16-11/h3-4,9,13,15H,2,5-8H2,1H3. The minimum Gasteiger partial charge on any atom is -0.343 e. The van der Waals surface area contributed by atoms with Crippen LogP contribution in [0.3, 0.4) is 0 Å². The van der Waals surface area contributed by atoms with Crippen LogP contribution in [0.25, 0.3) is 0 Å². The van der Waals surface area contributed by atoms with Crippen molar-refractivity contribution in [3.63, 3.8) is 0 Å². The lowest BCUT2D eigenvalue weighted by molar-refractivity contribution is 0.410. The normalized spacial score (nSPS) is 11.9. The van der Waals surface area contributed by atoms with Crippen LogP contribution >= 0.6 is 11.3 Å². The molecule has 0 aliphatic rings. The molecule has 21 heavy (non-hydrogen) atoms. The first-order valence-electron chi connectivity index (χ1n) is 6.66. The molecule has 0 saturated carbocycles. The Morgan fingerprint density at radius 3 is 2.90 bits per heavy atom. The van der Waals surface area contributed by atoms with Crippen molar-refractivity contribution in [2.45, 2.75) is 30.5 Å². The summed E-state index contributed by atoms with van der Waals surface area (Å²) in [4.78, 5) is 4.84. The highest BCUT2D eigenvalue weighted by Crippen LogP contribution is 2.21. The van der Waals surface area contributed by atoms with Gasteiger partial charge in [0.1, 0.15) is 4.21 Å². The molecule has 7 nitrogen and oxygen atoms in total. The van der Waals surface area contributed by atoms with Gasteiger partial charge in [-0.3, -0.25) is 0 Å². The fourth-order valence-corrected chi connectivity index (χ4v) is 4.06. The van der Waals surface area contributed by atoms with Crippen molar-refractivity contribution >= 4 is 21.4 Å². The second-order valence-electron chi connectivity index (χ2n) is 4.39. The van der Waals surface area contributed by atoms with Crippen LogP contribution in [0.2, 0.25) is 0 Å². The maximum Gasteiger partial charge on any atom is 0.250 e. The van der Waals surface area contributed by atoms with E-state index in [0.717, 1.165) is 17.8 Å². The molecule has 2 rings (SSSR count). The van der Waals surface area contributed by atoms with E-state index in [9.17, 15) is 8.42 Å². The molecular formula is C12H18N4O3S2. The average Bonchev–Trinajstić information content (AvgIpc) is 3.10. The van der Waals surface area contributed by atoms with Crippen molar-refractivity contribution < 1.29 is 12.9 Å². The molecule has 0 aromatic carbocycles. The van der Waals surface area contributed by atoms with Gasteiger partial charge in [-0.25, -0.2) is 13.1 Å². The molecule has 116 valence electrons. The van der Waals surface area contributed by atoms with Gasteiger partial charge in [0.25, 0.3) is 0 Å². The molecule has 9 heteroatoms. The van der Waals surface area contributed by atoms with Crippen molar-refractivity contribution in [3.8, 4) is 0 Å². The molecule has 2 heterocycles. The van der Waals surface area contributed by atoms with E-state index in [1.807, 2.05) is 6.07 Å². The lowest BCUT2D eigenvalue weighted by Gasteiger charge is -2.03. The highest BCUT2D eigenvalue weighted by atomic mass is 32.2. The van der Waals surface area contributed by atoms with Crippen molar-refractivity contribution in [1.29, 1.82) is 0 Å². The summed E-state index contributed by atoms with van der Waals surface area (Å²) in [6.07, 6.45) is 2.67. The average molecular weight is 330 g/mol. The number of nitrogens with zero attached hydrogens (tertiary/aromatic N) is 2. The molecule has 0 unspecified atom stereocenters. The Morgan fingerprint density at radius 2 is 2.19 bits per heavy atom. The van der Waals surface area contributed by atoms with Crippen molar-refractivity contribution in [2.24, 2.45) is 0 Å². The molecule has 0 aliphatic heterocycles. The van der Waals surface area contributed by atoms with E-state index in [4.69, 9.17) is 0 Å². The predicted molar refractivity (Wildman–Crippen MR) is 79.5 cm³/mol. The molecule has 0 fully saturated rings. The van der Waals surface area contributed by atoms with E-state index in [1.54, 1.807) is 6.07 Å². The Hall–Kier alpha value is -1.29. The molecule has 0 bridgehead atoms. The van der Waals surface area contributed by atoms with E-state index in [0.29, 0.717) is 23.0 Å². The molecule has 0 saturated heterocycles. The van der Waals surface area contributed by atoms with E-state index in [-0.39, 0.29) is 6.54 Å². The minimum absolute atomic E-state index is 0.239. The van der Waals surface area contributed by atoms with Crippen LogP contribution in [0.15, 0.2) is 27.3 Å². The molecule has 0 aliphatic carbocycles. The summed E-state index contributed by atoms with van der Waals surface area (Å²) in [6.45, 7) is 3.94. The molecule has 0 amide bonds. The second kappa shape index (κ2) is 7.64. The van der Waals surface area contributed by atoms with Crippen LogP contribution in [-0.2, 0) is 23.0 Å². The van der Waals surface area contributed by atoms with Gasteiger partial charge >= 0.3 is 0 Å². The number of sulfonamides is 1. The third-order valence-corrected chi connectivity index (χ3v) is 5.71. The maximum atomic E-state index is 12.1. The predicted octanol–water partition coefficient (Wildman–Crippen LogP) is 1.15. The lowest BCUT2D eigenvalue weighted by Crippen LogP contribution is -2.25. The largest absolute Gasteiger partial charge is 0.343 e. The van der Waals surface area contributed by atoms with Gasteiger partial charge in [-0.2, -0.15) is 4.98 Å². The summed E-state index contributed by atoms with van der Waals surface area (Å²) in [7, 11) is -3.47. The zero-order valence-corrected chi connectivity index (χ0v) is 13.3. The third-order valence-electron chi connectivity index (χ3n) is 2.68. The van der Waals surface area contributed by atoms with Gasteiger partial charge in [0.15, 0.2) is 5.82 Å². The van der Waals surface area contributed by atoms with Crippen LogP contribution in [-0.4, -0.2) is 31.6 Å². The smallest absolute Gasteiger partial charge is 0.250 e. The molecule has 0 atom stereocenters. The first-order chi connectivity index (χ1) is 10.1. The summed E-state index contributed by atoms with van der Waals surface area (Å²) >= 11 is 1.28. The summed E-state index contributed by atoms with van der Waals surface area (Å²) in [5.41, 5.74) is 0. The van der Waals surface area contributed by atoms with Gasteiger partial charge < -0.3 is 9.84 Å². The number of aromatic nitrogens is 2. The SMILES string of the molecule is CCCNCc1ccc(S(=O)(=O)NCCc2ncon2)s1. The van der Waals surface area contributed by atoms with Gasteiger partial charge in [-0.1, -0.05) is 12.1 Å². The third kappa shape index (κ3) is 4.88. The summed E-state index contributed by atoms with van der Waals surface area (Å²) < 4.78 is 31.7. The number of thiophene rings is 1. The van der Waals surface area contributed by atoms with Gasteiger partial charge in [0, 0.05) is 24.4 Å². The molecule has 2 aromatic heterocycles. The van der Waals surface area contributed by atoms with E-state index >= 15 is 0 Å². The Morgan fingerprint density at radius 1 is 1.33 bits per heavy atom. The zero-order chi connectivity index (χ0) is 15.1. The number of hydrogen-bond acceptors (Lipinski definition) is 7. The topological polar surface area (TPSA) is 97.1 Å². The van der Waals surface area contributed by atoms with Crippen molar-refractivity contribution in [2.75, 3.05) is 13.1 Å². The highest BCUT2D eigenvalue weighted by Gasteiger charge is 2.16. The molecular weight excluding hydrogens is 312 g/mol. The molecule has 2 N–H and O–H groups in total. The van der Waals surface area contributed by atoms with Gasteiger partial charge in [-0.05, 0) is 25.1 Å². The lowest BCUT2D eigenvalue weighted by atomic mass is 10.4. The van der Waals surface area contributed by atoms with Crippen LogP contribution in [0.5, 0.6) is 0 Å².